The summed E-state index contributed by atoms with van der Waals surface area (Å²) < 4.78 is 0. The zero-order chi connectivity index (χ0) is 9.26. The number of hydrogen-bond donors (Lipinski definition) is 1. The van der Waals surface area contributed by atoms with E-state index in [1.807, 2.05) is 6.07 Å². The maximum Gasteiger partial charge on any atom is 0.183 e. The normalized spacial score (nSPS) is 14.7. The maximum absolute atomic E-state index is 8.69. The van der Waals surface area contributed by atoms with Crippen LogP contribution in [0.5, 0.6) is 0 Å². The van der Waals surface area contributed by atoms with Crippen molar-refractivity contribution in [2.45, 2.75) is 25.7 Å². The molecule has 0 radical (unpaired) electrons. The Morgan fingerprint density at radius 2 is 1.77 bits per heavy atom. The molecule has 1 heterocycles. The van der Waals surface area contributed by atoms with Crippen LogP contribution in [-0.2, 0) is 12.8 Å². The minimum Gasteiger partial charge on any atom is -0.381 e. The van der Waals surface area contributed by atoms with E-state index in [1.165, 1.54) is 0 Å². The van der Waals surface area contributed by atoms with Crippen molar-refractivity contribution < 1.29 is 0 Å². The number of aromatic nitrogens is 2. The molecule has 0 amide bonds. The quantitative estimate of drug-likeness (QED) is 0.631. The number of aryl methyl sites for hydroxylation is 2. The van der Waals surface area contributed by atoms with Crippen LogP contribution in [0.4, 0.5) is 5.82 Å². The van der Waals surface area contributed by atoms with E-state index in [9.17, 15) is 0 Å². The highest BCUT2D eigenvalue weighted by atomic mass is 14.9. The summed E-state index contributed by atoms with van der Waals surface area (Å²) in [4.78, 5) is 8.36. The topological polar surface area (TPSA) is 75.6 Å². The third-order valence-electron chi connectivity index (χ3n) is 2.26. The third-order valence-corrected chi connectivity index (χ3v) is 2.26. The molecular formula is C9H10N4. The molecule has 0 saturated carbocycles. The zero-order valence-electron chi connectivity index (χ0n) is 7.25. The van der Waals surface area contributed by atoms with Crippen molar-refractivity contribution in [3.8, 4) is 6.07 Å². The lowest BCUT2D eigenvalue weighted by Gasteiger charge is -2.13. The molecule has 4 nitrogen and oxygen atoms in total. The van der Waals surface area contributed by atoms with E-state index in [0.717, 1.165) is 37.1 Å². The monoisotopic (exact) mass is 174 g/mol. The molecular weight excluding hydrogens is 164 g/mol. The van der Waals surface area contributed by atoms with Crippen molar-refractivity contribution in [3.63, 3.8) is 0 Å². The van der Waals surface area contributed by atoms with Gasteiger partial charge in [-0.15, -0.1) is 0 Å². The molecule has 2 N–H and O–H groups in total. The minimum atomic E-state index is 0.264. The van der Waals surface area contributed by atoms with Gasteiger partial charge in [0.1, 0.15) is 6.07 Å². The molecule has 66 valence electrons. The molecule has 1 aromatic heterocycles. The zero-order valence-corrected chi connectivity index (χ0v) is 7.25. The van der Waals surface area contributed by atoms with Gasteiger partial charge in [0.15, 0.2) is 11.5 Å². The molecule has 0 fully saturated rings. The summed E-state index contributed by atoms with van der Waals surface area (Å²) in [6.07, 6.45) is 4.15. The van der Waals surface area contributed by atoms with Crippen LogP contribution in [0, 0.1) is 11.3 Å². The summed E-state index contributed by atoms with van der Waals surface area (Å²) in [7, 11) is 0. The molecule has 2 rings (SSSR count). The Morgan fingerprint density at radius 3 is 2.38 bits per heavy atom. The summed E-state index contributed by atoms with van der Waals surface area (Å²) in [5.41, 5.74) is 7.75. The molecule has 1 aliphatic carbocycles. The average Bonchev–Trinajstić information content (AvgIpc) is 2.17. The Bertz CT molecular complexity index is 378. The standard InChI is InChI=1S/C9H10N4/c10-5-8-9(11)13-7-4-2-1-3-6(7)12-8/h1-4H2,(H2,11,13). The van der Waals surface area contributed by atoms with Gasteiger partial charge in [0.2, 0.25) is 0 Å². The van der Waals surface area contributed by atoms with Gasteiger partial charge < -0.3 is 5.73 Å². The summed E-state index contributed by atoms with van der Waals surface area (Å²) in [5.74, 6) is 0.267. The Kier molecular flexibility index (Phi) is 1.85. The van der Waals surface area contributed by atoms with Gasteiger partial charge in [0.25, 0.3) is 0 Å². The minimum absolute atomic E-state index is 0.264. The molecule has 1 aromatic rings. The van der Waals surface area contributed by atoms with Gasteiger partial charge in [-0.05, 0) is 25.7 Å². The summed E-state index contributed by atoms with van der Waals surface area (Å²) in [6.45, 7) is 0. The fourth-order valence-electron chi connectivity index (χ4n) is 1.59. The van der Waals surface area contributed by atoms with Crippen molar-refractivity contribution >= 4 is 5.82 Å². The van der Waals surface area contributed by atoms with Gasteiger partial charge in [-0.1, -0.05) is 0 Å². The van der Waals surface area contributed by atoms with Crippen LogP contribution in [0.3, 0.4) is 0 Å². The Balaban J connectivity index is 2.52. The first-order valence-corrected chi connectivity index (χ1v) is 4.36. The molecule has 0 spiro atoms. The second-order valence-corrected chi connectivity index (χ2v) is 3.17. The number of anilines is 1. The van der Waals surface area contributed by atoms with E-state index in [1.54, 1.807) is 0 Å². The first-order chi connectivity index (χ1) is 6.31. The first kappa shape index (κ1) is 7.99. The number of fused-ring (bicyclic) bond motifs is 1. The highest BCUT2D eigenvalue weighted by molar-refractivity contribution is 5.44. The van der Waals surface area contributed by atoms with Crippen LogP contribution in [-0.4, -0.2) is 9.97 Å². The van der Waals surface area contributed by atoms with E-state index in [4.69, 9.17) is 11.0 Å². The second-order valence-electron chi connectivity index (χ2n) is 3.17. The molecule has 0 unspecified atom stereocenters. The largest absolute Gasteiger partial charge is 0.381 e. The molecule has 4 heteroatoms. The SMILES string of the molecule is N#Cc1nc2c(nc1N)CCCC2. The van der Waals surface area contributed by atoms with Gasteiger partial charge in [0, 0.05) is 0 Å². The van der Waals surface area contributed by atoms with E-state index >= 15 is 0 Å². The highest BCUT2D eigenvalue weighted by Gasteiger charge is 2.14. The van der Waals surface area contributed by atoms with Gasteiger partial charge in [0.05, 0.1) is 11.4 Å². The summed E-state index contributed by atoms with van der Waals surface area (Å²) >= 11 is 0. The average molecular weight is 174 g/mol. The lowest BCUT2D eigenvalue weighted by molar-refractivity contribution is 0.649. The molecule has 0 atom stereocenters. The molecule has 0 aromatic carbocycles. The number of hydrogen-bond acceptors (Lipinski definition) is 4. The first-order valence-electron chi connectivity index (χ1n) is 4.36. The molecule has 0 aliphatic heterocycles. The van der Waals surface area contributed by atoms with E-state index in [-0.39, 0.29) is 11.5 Å². The van der Waals surface area contributed by atoms with Crippen molar-refractivity contribution in [2.75, 3.05) is 5.73 Å². The van der Waals surface area contributed by atoms with Crippen molar-refractivity contribution in [3.05, 3.63) is 17.1 Å². The number of nitrogens with two attached hydrogens (primary N) is 1. The lowest BCUT2D eigenvalue weighted by atomic mass is 10.0. The van der Waals surface area contributed by atoms with Crippen molar-refractivity contribution in [1.29, 1.82) is 5.26 Å². The second kappa shape index (κ2) is 3.02. The molecule has 0 saturated heterocycles. The van der Waals surface area contributed by atoms with Crippen LogP contribution < -0.4 is 5.73 Å². The Labute approximate surface area is 76.4 Å². The van der Waals surface area contributed by atoms with E-state index in [0.29, 0.717) is 0 Å². The predicted molar refractivity (Wildman–Crippen MR) is 47.8 cm³/mol. The smallest absolute Gasteiger partial charge is 0.183 e. The van der Waals surface area contributed by atoms with Gasteiger partial charge in [-0.25, -0.2) is 9.97 Å². The lowest BCUT2D eigenvalue weighted by Crippen LogP contribution is -2.11. The fourth-order valence-corrected chi connectivity index (χ4v) is 1.59. The van der Waals surface area contributed by atoms with Crippen molar-refractivity contribution in [2.24, 2.45) is 0 Å². The van der Waals surface area contributed by atoms with Gasteiger partial charge in [-0.3, -0.25) is 0 Å². The maximum atomic E-state index is 8.69. The van der Waals surface area contributed by atoms with Gasteiger partial charge in [-0.2, -0.15) is 5.26 Å². The number of nitrogens with zero attached hydrogens (tertiary/aromatic N) is 3. The summed E-state index contributed by atoms with van der Waals surface area (Å²) in [5, 5.41) is 8.69. The fraction of sp³-hybridized carbons (Fsp3) is 0.444. The molecule has 1 aliphatic rings. The van der Waals surface area contributed by atoms with Gasteiger partial charge >= 0.3 is 0 Å². The highest BCUT2D eigenvalue weighted by Crippen LogP contribution is 2.19. The number of nitriles is 1. The molecule has 0 bridgehead atoms. The van der Waals surface area contributed by atoms with Crippen molar-refractivity contribution in [1.82, 2.24) is 9.97 Å². The number of nitrogen functional groups attached to an aromatic ring is 1. The Morgan fingerprint density at radius 1 is 1.15 bits per heavy atom. The molecule has 13 heavy (non-hydrogen) atoms. The van der Waals surface area contributed by atoms with Crippen LogP contribution in [0.25, 0.3) is 0 Å². The van der Waals surface area contributed by atoms with E-state index < -0.39 is 0 Å². The summed E-state index contributed by atoms with van der Waals surface area (Å²) in [6, 6.07) is 1.95. The van der Waals surface area contributed by atoms with Crippen LogP contribution in [0.1, 0.15) is 29.9 Å². The van der Waals surface area contributed by atoms with E-state index in [2.05, 4.69) is 9.97 Å². The Hall–Kier alpha value is -1.63. The van der Waals surface area contributed by atoms with Crippen LogP contribution in [0.15, 0.2) is 0 Å². The van der Waals surface area contributed by atoms with Crippen LogP contribution >= 0.6 is 0 Å². The van der Waals surface area contributed by atoms with Crippen LogP contribution in [0.2, 0.25) is 0 Å². The number of rotatable bonds is 0. The predicted octanol–water partition coefficient (Wildman–Crippen LogP) is 0.809. The third kappa shape index (κ3) is 1.33.